The van der Waals surface area contributed by atoms with E-state index in [0.29, 0.717) is 0 Å². The number of benzene rings is 2. The predicted octanol–water partition coefficient (Wildman–Crippen LogP) is -0.428. The highest BCUT2D eigenvalue weighted by atomic mass is 33.1. The van der Waals surface area contributed by atoms with E-state index < -0.39 is 60.2 Å². The van der Waals surface area contributed by atoms with Crippen LogP contribution in [0.5, 0.6) is 5.75 Å². The molecule has 14 heteroatoms. The second-order valence-electron chi connectivity index (χ2n) is 9.99. The van der Waals surface area contributed by atoms with Gasteiger partial charge in [0.1, 0.15) is 23.9 Å². The maximum absolute atomic E-state index is 13.1. The minimum absolute atomic E-state index is 0.0872. The fourth-order valence-corrected chi connectivity index (χ4v) is 6.70. The van der Waals surface area contributed by atoms with E-state index in [1.807, 2.05) is 19.9 Å². The summed E-state index contributed by atoms with van der Waals surface area (Å²) in [5, 5.41) is 20.2. The largest absolute Gasteiger partial charge is 0.508 e. The number of phenols is 1. The summed E-state index contributed by atoms with van der Waals surface area (Å²) in [7, 11) is 2.40. The molecule has 42 heavy (non-hydrogen) atoms. The van der Waals surface area contributed by atoms with E-state index in [0.717, 1.165) is 22.3 Å². The topological polar surface area (TPSA) is 206 Å². The van der Waals surface area contributed by atoms with E-state index in [-0.39, 0.29) is 30.1 Å². The van der Waals surface area contributed by atoms with Gasteiger partial charge < -0.3 is 37.8 Å². The van der Waals surface area contributed by atoms with E-state index in [9.17, 15) is 29.1 Å². The number of amides is 5. The molecule has 0 bridgehead atoms. The van der Waals surface area contributed by atoms with Crippen LogP contribution in [0.15, 0.2) is 42.5 Å². The lowest BCUT2D eigenvalue weighted by Crippen LogP contribution is -2.57. The molecule has 1 aliphatic rings. The molecule has 0 spiro atoms. The Balaban J connectivity index is 1.72. The molecule has 1 aliphatic heterocycles. The highest BCUT2D eigenvalue weighted by molar-refractivity contribution is 8.76. The molecule has 0 saturated carbocycles. The van der Waals surface area contributed by atoms with Gasteiger partial charge in [0.2, 0.25) is 29.5 Å². The van der Waals surface area contributed by atoms with Crippen LogP contribution in [0, 0.1) is 13.8 Å². The van der Waals surface area contributed by atoms with Crippen molar-refractivity contribution in [3.63, 3.8) is 0 Å². The number of nitrogens with one attached hydrogen (secondary N) is 4. The molecule has 2 aromatic rings. The molecule has 1 fully saturated rings. The monoisotopic (exact) mass is 616 g/mol. The fraction of sp³-hybridized carbons (Fsp3) is 0.393. The van der Waals surface area contributed by atoms with Crippen molar-refractivity contribution >= 4 is 51.1 Å². The van der Waals surface area contributed by atoms with Gasteiger partial charge in [-0.15, -0.1) is 0 Å². The zero-order valence-corrected chi connectivity index (χ0v) is 25.0. The molecule has 1 heterocycles. The van der Waals surface area contributed by atoms with Gasteiger partial charge in [-0.05, 0) is 54.7 Å². The van der Waals surface area contributed by atoms with Crippen LogP contribution in [-0.4, -0.2) is 76.9 Å². The number of hydrogen-bond donors (Lipinski definition) is 7. The summed E-state index contributed by atoms with van der Waals surface area (Å²) < 4.78 is 0. The lowest BCUT2D eigenvalue weighted by Gasteiger charge is -2.24. The van der Waals surface area contributed by atoms with Crippen LogP contribution in [0.1, 0.15) is 22.3 Å². The number of carbonyl (C=O) groups excluding carboxylic acids is 5. The van der Waals surface area contributed by atoms with Crippen molar-refractivity contribution in [1.29, 1.82) is 0 Å². The molecule has 0 unspecified atom stereocenters. The van der Waals surface area contributed by atoms with Gasteiger partial charge in [0.25, 0.3) is 0 Å². The zero-order chi connectivity index (χ0) is 30.8. The van der Waals surface area contributed by atoms with Crippen molar-refractivity contribution in [3.8, 4) is 5.75 Å². The molecule has 9 N–H and O–H groups in total. The second-order valence-corrected chi connectivity index (χ2v) is 12.5. The van der Waals surface area contributed by atoms with Crippen LogP contribution < -0.4 is 32.7 Å². The smallest absolute Gasteiger partial charge is 0.243 e. The Morgan fingerprint density at radius 1 is 1.02 bits per heavy atom. The third kappa shape index (κ3) is 9.67. The quantitative estimate of drug-likeness (QED) is 0.201. The Kier molecular flexibility index (Phi) is 12.1. The van der Waals surface area contributed by atoms with Crippen molar-refractivity contribution in [2.24, 2.45) is 11.5 Å². The third-order valence-electron chi connectivity index (χ3n) is 6.64. The summed E-state index contributed by atoms with van der Waals surface area (Å²) in [5.74, 6) is -2.83. The van der Waals surface area contributed by atoms with Crippen molar-refractivity contribution in [3.05, 3.63) is 64.7 Å². The standard InChI is InChI=1S/C28H36N6O6S2/c1-15-8-18(35)9-16(2)19(15)11-20(29)26(38)34-23-14-42-41-13-22(25(30)37)33-28(40)21(10-17-6-4-3-5-7-17)32-24(36)12-31-27(23)39/h3-9,20-23,35H,10-14,29H2,1-2H3,(H2,30,37)(H,31,39)(H,32,36)(H,33,40)(H,34,38)/t20-,21-,22-,23+/m0/s1. The Morgan fingerprint density at radius 3 is 2.31 bits per heavy atom. The van der Waals surface area contributed by atoms with Gasteiger partial charge >= 0.3 is 0 Å². The van der Waals surface area contributed by atoms with Crippen molar-refractivity contribution in [1.82, 2.24) is 21.3 Å². The number of rotatable bonds is 7. The first-order valence-electron chi connectivity index (χ1n) is 13.2. The number of primary amides is 1. The molecule has 4 atom stereocenters. The number of phenolic OH excluding ortho intramolecular Hbond substituents is 1. The molecule has 1 saturated heterocycles. The number of nitrogens with two attached hydrogens (primary N) is 2. The maximum atomic E-state index is 13.1. The highest BCUT2D eigenvalue weighted by Crippen LogP contribution is 2.24. The van der Waals surface area contributed by atoms with Gasteiger partial charge in [-0.25, -0.2) is 0 Å². The van der Waals surface area contributed by atoms with Crippen molar-refractivity contribution < 1.29 is 29.1 Å². The normalized spacial score (nSPS) is 21.2. The fourth-order valence-electron chi connectivity index (χ4n) is 4.36. The van der Waals surface area contributed by atoms with E-state index in [2.05, 4.69) is 21.3 Å². The van der Waals surface area contributed by atoms with Gasteiger partial charge in [-0.2, -0.15) is 0 Å². The minimum atomic E-state index is -1.04. The highest BCUT2D eigenvalue weighted by Gasteiger charge is 2.29. The molecule has 0 radical (unpaired) electrons. The second kappa shape index (κ2) is 15.5. The van der Waals surface area contributed by atoms with Gasteiger partial charge in [0.15, 0.2) is 0 Å². The van der Waals surface area contributed by atoms with Gasteiger partial charge in [0, 0.05) is 17.9 Å². The molecular weight excluding hydrogens is 580 g/mol. The lowest BCUT2D eigenvalue weighted by atomic mass is 9.96. The zero-order valence-electron chi connectivity index (χ0n) is 23.3. The first kappa shape index (κ1) is 32.8. The first-order valence-corrected chi connectivity index (χ1v) is 15.7. The third-order valence-corrected chi connectivity index (χ3v) is 9.07. The van der Waals surface area contributed by atoms with Crippen LogP contribution in [-0.2, 0) is 36.8 Å². The van der Waals surface area contributed by atoms with Crippen LogP contribution in [0.25, 0.3) is 0 Å². The summed E-state index contributed by atoms with van der Waals surface area (Å²) in [6.07, 6.45) is 0.335. The molecule has 226 valence electrons. The molecule has 12 nitrogen and oxygen atoms in total. The minimum Gasteiger partial charge on any atom is -0.508 e. The molecule has 0 aromatic heterocycles. The van der Waals surface area contributed by atoms with Gasteiger partial charge in [-0.1, -0.05) is 51.9 Å². The Bertz CT molecular complexity index is 1290. The average molecular weight is 617 g/mol. The maximum Gasteiger partial charge on any atom is 0.243 e. The predicted molar refractivity (Wildman–Crippen MR) is 162 cm³/mol. The van der Waals surface area contributed by atoms with E-state index in [4.69, 9.17) is 11.5 Å². The number of hydrogen-bond acceptors (Lipinski definition) is 9. The van der Waals surface area contributed by atoms with E-state index in [1.165, 1.54) is 21.6 Å². The van der Waals surface area contributed by atoms with Crippen LogP contribution >= 0.6 is 21.6 Å². The Hall–Kier alpha value is -3.75. The molecule has 2 aromatic carbocycles. The Labute approximate surface area is 251 Å². The number of aromatic hydroxyl groups is 1. The van der Waals surface area contributed by atoms with Crippen LogP contribution in [0.4, 0.5) is 0 Å². The summed E-state index contributed by atoms with van der Waals surface area (Å²) >= 11 is 0. The molecule has 5 amide bonds. The first-order chi connectivity index (χ1) is 19.9. The SMILES string of the molecule is Cc1cc(O)cc(C)c1C[C@H](N)C(=O)N[C@@H]1CSSC[C@@H](C(N)=O)NC(=O)[C@H](Cc2ccccc2)NC(=O)CNC1=O. The van der Waals surface area contributed by atoms with Gasteiger partial charge in [0.05, 0.1) is 12.6 Å². The van der Waals surface area contributed by atoms with E-state index in [1.54, 1.807) is 36.4 Å². The van der Waals surface area contributed by atoms with Crippen LogP contribution in [0.3, 0.4) is 0 Å². The van der Waals surface area contributed by atoms with Crippen molar-refractivity contribution in [2.45, 2.75) is 50.9 Å². The average Bonchev–Trinajstić information content (AvgIpc) is 2.93. The Morgan fingerprint density at radius 2 is 1.67 bits per heavy atom. The summed E-state index contributed by atoms with van der Waals surface area (Å²) in [4.78, 5) is 63.9. The lowest BCUT2D eigenvalue weighted by molar-refractivity contribution is -0.132. The number of carbonyl (C=O) groups is 5. The number of aryl methyl sites for hydroxylation is 2. The molecule has 3 rings (SSSR count). The summed E-state index contributed by atoms with van der Waals surface area (Å²) in [6.45, 7) is 3.17. The summed E-state index contributed by atoms with van der Waals surface area (Å²) in [6, 6.07) is 8.10. The van der Waals surface area contributed by atoms with Gasteiger partial charge in [-0.3, -0.25) is 24.0 Å². The molecule has 0 aliphatic carbocycles. The van der Waals surface area contributed by atoms with Crippen LogP contribution in [0.2, 0.25) is 0 Å². The van der Waals surface area contributed by atoms with Crippen molar-refractivity contribution in [2.75, 3.05) is 18.1 Å². The molecular formula is C28H36N6O6S2. The van der Waals surface area contributed by atoms with E-state index >= 15 is 0 Å². The summed E-state index contributed by atoms with van der Waals surface area (Å²) in [5.41, 5.74) is 14.9.